The van der Waals surface area contributed by atoms with Gasteiger partial charge in [0.05, 0.1) is 6.61 Å². The zero-order valence-corrected chi connectivity index (χ0v) is 9.03. The Kier molecular flexibility index (Phi) is 2.74. The van der Waals surface area contributed by atoms with Gasteiger partial charge in [-0.15, -0.1) is 0 Å². The number of rotatable bonds is 2. The Morgan fingerprint density at radius 2 is 2.06 bits per heavy atom. The van der Waals surface area contributed by atoms with Crippen LogP contribution in [0.5, 0.6) is 5.75 Å². The van der Waals surface area contributed by atoms with Gasteiger partial charge in [-0.2, -0.15) is 0 Å². The molecule has 4 nitrogen and oxygen atoms in total. The number of halogens is 1. The first kappa shape index (κ1) is 11.0. The first-order chi connectivity index (χ1) is 8.25. The van der Waals surface area contributed by atoms with Gasteiger partial charge < -0.3 is 19.3 Å². The van der Waals surface area contributed by atoms with E-state index in [0.717, 1.165) is 0 Å². The van der Waals surface area contributed by atoms with Gasteiger partial charge in [0.15, 0.2) is 18.6 Å². The van der Waals surface area contributed by atoms with E-state index in [4.69, 9.17) is 14.2 Å². The van der Waals surface area contributed by atoms with Crippen LogP contribution in [0.3, 0.4) is 0 Å². The normalized spacial score (nSPS) is 40.2. The van der Waals surface area contributed by atoms with E-state index in [2.05, 4.69) is 0 Å². The molecule has 0 aliphatic carbocycles. The number of ether oxygens (including phenoxy) is 3. The van der Waals surface area contributed by atoms with E-state index in [1.54, 1.807) is 24.3 Å². The van der Waals surface area contributed by atoms with E-state index in [9.17, 15) is 9.50 Å². The standard InChI is InChI=1S/C12H13FO4/c13-9-11(16-7-4-2-1-3-5-7)10(14)8-6-15-12(9)17-8/h1-5,8-12,14H,6H2/t8?,9-,10+,11?,12+/m0/s1. The van der Waals surface area contributed by atoms with E-state index in [-0.39, 0.29) is 6.61 Å². The quantitative estimate of drug-likeness (QED) is 0.834. The largest absolute Gasteiger partial charge is 0.484 e. The summed E-state index contributed by atoms with van der Waals surface area (Å²) in [6, 6.07) is 8.86. The van der Waals surface area contributed by atoms with E-state index in [0.29, 0.717) is 5.75 Å². The average molecular weight is 240 g/mol. The van der Waals surface area contributed by atoms with Crippen molar-refractivity contribution in [2.24, 2.45) is 0 Å². The topological polar surface area (TPSA) is 47.9 Å². The predicted octanol–water partition coefficient (Wildman–Crippen LogP) is 0.888. The molecule has 2 saturated heterocycles. The van der Waals surface area contributed by atoms with Crippen LogP contribution in [0.4, 0.5) is 4.39 Å². The molecule has 17 heavy (non-hydrogen) atoms. The highest BCUT2D eigenvalue weighted by molar-refractivity contribution is 5.22. The number of benzene rings is 1. The lowest BCUT2D eigenvalue weighted by molar-refractivity contribution is -0.201. The van der Waals surface area contributed by atoms with Crippen LogP contribution < -0.4 is 4.74 Å². The van der Waals surface area contributed by atoms with E-state index in [1.165, 1.54) is 0 Å². The summed E-state index contributed by atoms with van der Waals surface area (Å²) < 4.78 is 29.7. The summed E-state index contributed by atoms with van der Waals surface area (Å²) in [5.41, 5.74) is 0. The van der Waals surface area contributed by atoms with Gasteiger partial charge in [-0.05, 0) is 12.1 Å². The molecule has 0 amide bonds. The number of hydrogen-bond donors (Lipinski definition) is 1. The van der Waals surface area contributed by atoms with Crippen molar-refractivity contribution in [2.75, 3.05) is 6.61 Å². The van der Waals surface area contributed by atoms with Crippen LogP contribution in [-0.4, -0.2) is 42.5 Å². The van der Waals surface area contributed by atoms with Crippen LogP contribution in [0.15, 0.2) is 30.3 Å². The molecular formula is C12H13FO4. The predicted molar refractivity (Wildman–Crippen MR) is 56.4 cm³/mol. The fraction of sp³-hybridized carbons (Fsp3) is 0.500. The van der Waals surface area contributed by atoms with Crippen molar-refractivity contribution >= 4 is 0 Å². The van der Waals surface area contributed by atoms with E-state index < -0.39 is 30.8 Å². The Bertz CT molecular complexity index is 369. The summed E-state index contributed by atoms with van der Waals surface area (Å²) in [6.45, 7) is 0.209. The third kappa shape index (κ3) is 1.90. The minimum absolute atomic E-state index is 0.209. The molecule has 1 aromatic carbocycles. The molecule has 0 saturated carbocycles. The Labute approximate surface area is 97.9 Å². The highest BCUT2D eigenvalue weighted by Gasteiger charge is 2.52. The first-order valence-corrected chi connectivity index (χ1v) is 5.56. The Morgan fingerprint density at radius 3 is 2.82 bits per heavy atom. The smallest absolute Gasteiger partial charge is 0.193 e. The third-order valence-corrected chi connectivity index (χ3v) is 3.04. The van der Waals surface area contributed by atoms with Crippen molar-refractivity contribution in [1.29, 1.82) is 0 Å². The van der Waals surface area contributed by atoms with Gasteiger partial charge in [-0.25, -0.2) is 4.39 Å². The summed E-state index contributed by atoms with van der Waals surface area (Å²) in [4.78, 5) is 0. The van der Waals surface area contributed by atoms with Gasteiger partial charge in [0.2, 0.25) is 0 Å². The monoisotopic (exact) mass is 240 g/mol. The average Bonchev–Trinajstić information content (AvgIpc) is 2.81. The maximum Gasteiger partial charge on any atom is 0.193 e. The second-order valence-corrected chi connectivity index (χ2v) is 4.21. The number of aliphatic hydroxyl groups excluding tert-OH is 1. The molecule has 0 radical (unpaired) electrons. The van der Waals surface area contributed by atoms with Crippen molar-refractivity contribution in [3.05, 3.63) is 30.3 Å². The van der Waals surface area contributed by atoms with Crippen LogP contribution >= 0.6 is 0 Å². The number of aliphatic hydroxyl groups is 1. The molecule has 0 aromatic heterocycles. The van der Waals surface area contributed by atoms with Crippen LogP contribution in [0.1, 0.15) is 0 Å². The minimum Gasteiger partial charge on any atom is -0.484 e. The Balaban J connectivity index is 1.78. The Hall–Kier alpha value is -1.17. The highest BCUT2D eigenvalue weighted by Crippen LogP contribution is 2.32. The number of para-hydroxylation sites is 1. The highest BCUT2D eigenvalue weighted by atomic mass is 19.1. The van der Waals surface area contributed by atoms with Gasteiger partial charge in [-0.3, -0.25) is 0 Å². The zero-order valence-electron chi connectivity index (χ0n) is 9.03. The zero-order chi connectivity index (χ0) is 11.8. The van der Waals surface area contributed by atoms with Gasteiger partial charge in [0.1, 0.15) is 18.0 Å². The summed E-state index contributed by atoms with van der Waals surface area (Å²) >= 11 is 0. The molecule has 2 aliphatic heterocycles. The third-order valence-electron chi connectivity index (χ3n) is 3.04. The molecule has 2 unspecified atom stereocenters. The summed E-state index contributed by atoms with van der Waals surface area (Å²) in [5, 5.41) is 9.92. The fourth-order valence-corrected chi connectivity index (χ4v) is 2.13. The van der Waals surface area contributed by atoms with Gasteiger partial charge >= 0.3 is 0 Å². The maximum absolute atomic E-state index is 13.9. The molecule has 5 atom stereocenters. The lowest BCUT2D eigenvalue weighted by atomic mass is 10.0. The molecule has 92 valence electrons. The van der Waals surface area contributed by atoms with Crippen molar-refractivity contribution < 1.29 is 23.7 Å². The van der Waals surface area contributed by atoms with Gasteiger partial charge in [0.25, 0.3) is 0 Å². The van der Waals surface area contributed by atoms with Crippen LogP contribution in [-0.2, 0) is 9.47 Å². The van der Waals surface area contributed by atoms with Crippen molar-refractivity contribution in [3.63, 3.8) is 0 Å². The molecule has 1 aromatic rings. The number of alkyl halides is 1. The van der Waals surface area contributed by atoms with Gasteiger partial charge in [0, 0.05) is 0 Å². The lowest BCUT2D eigenvalue weighted by Gasteiger charge is -2.34. The van der Waals surface area contributed by atoms with Crippen molar-refractivity contribution in [1.82, 2.24) is 0 Å². The van der Waals surface area contributed by atoms with E-state index >= 15 is 0 Å². The molecule has 0 spiro atoms. The van der Waals surface area contributed by atoms with Crippen molar-refractivity contribution in [3.8, 4) is 5.75 Å². The number of fused-ring (bicyclic) bond motifs is 2. The van der Waals surface area contributed by atoms with Crippen molar-refractivity contribution in [2.45, 2.75) is 30.8 Å². The van der Waals surface area contributed by atoms with Crippen LogP contribution in [0.25, 0.3) is 0 Å². The van der Waals surface area contributed by atoms with Crippen LogP contribution in [0.2, 0.25) is 0 Å². The van der Waals surface area contributed by atoms with Gasteiger partial charge in [-0.1, -0.05) is 18.2 Å². The fourth-order valence-electron chi connectivity index (χ4n) is 2.13. The Morgan fingerprint density at radius 1 is 1.29 bits per heavy atom. The summed E-state index contributed by atoms with van der Waals surface area (Å²) in [5.74, 6) is 0.528. The first-order valence-electron chi connectivity index (χ1n) is 5.56. The minimum atomic E-state index is -1.48. The molecule has 1 N–H and O–H groups in total. The molecular weight excluding hydrogens is 227 g/mol. The van der Waals surface area contributed by atoms with E-state index in [1.807, 2.05) is 6.07 Å². The lowest BCUT2D eigenvalue weighted by Crippen LogP contribution is -2.54. The van der Waals surface area contributed by atoms with Crippen LogP contribution in [0, 0.1) is 0 Å². The second-order valence-electron chi connectivity index (χ2n) is 4.21. The summed E-state index contributed by atoms with van der Waals surface area (Å²) in [7, 11) is 0. The SMILES string of the molecule is O[C@@H]1C2CO[C@H](O2)[C@@H](F)C1Oc1ccccc1. The maximum atomic E-state index is 13.9. The molecule has 2 fully saturated rings. The molecule has 2 bridgehead atoms. The second kappa shape index (κ2) is 4.25. The molecule has 3 rings (SSSR count). The summed E-state index contributed by atoms with van der Waals surface area (Å²) in [6.07, 6.45) is -4.85. The molecule has 2 heterocycles. The molecule has 5 heteroatoms. The molecule has 2 aliphatic rings. The number of hydrogen-bond acceptors (Lipinski definition) is 4.